The SMILES string of the molecule is CCCCCCCCCc1cnc(-c2ccc(C(=O)Oc3ccc(OCCCCC)c(C#N)c3C#N)cc2)nc1. The molecular weight excluding hydrogens is 500 g/mol. The minimum atomic E-state index is -0.630. The van der Waals surface area contributed by atoms with Crippen molar-refractivity contribution in [1.82, 2.24) is 9.97 Å². The average molecular weight is 539 g/mol. The standard InChI is InChI=1S/C33H38N4O3/c1-3-5-7-8-9-10-11-13-25-23-36-32(37-24-25)26-14-16-27(17-15-26)33(38)40-31-19-18-30(39-20-12-6-4-2)28(21-34)29(31)22-35/h14-19,23-24H,3-13,20H2,1-2H3. The first kappa shape index (κ1) is 30.3. The number of aryl methyl sites for hydroxylation is 1. The van der Waals surface area contributed by atoms with E-state index in [0.29, 0.717) is 23.7 Å². The van der Waals surface area contributed by atoms with Gasteiger partial charge in [-0.3, -0.25) is 0 Å². The predicted octanol–water partition coefficient (Wildman–Crippen LogP) is 7.97. The van der Waals surface area contributed by atoms with Crippen molar-refractivity contribution in [1.29, 1.82) is 10.5 Å². The van der Waals surface area contributed by atoms with E-state index >= 15 is 0 Å². The van der Waals surface area contributed by atoms with Gasteiger partial charge < -0.3 is 9.47 Å². The Morgan fingerprint density at radius 3 is 1.98 bits per heavy atom. The first-order valence-corrected chi connectivity index (χ1v) is 14.3. The van der Waals surface area contributed by atoms with Crippen molar-refractivity contribution in [3.8, 4) is 35.0 Å². The van der Waals surface area contributed by atoms with Crippen LogP contribution in [0, 0.1) is 22.7 Å². The Bertz CT molecular complexity index is 1310. The van der Waals surface area contributed by atoms with Crippen LogP contribution in [0.4, 0.5) is 0 Å². The maximum atomic E-state index is 12.8. The molecule has 0 aliphatic heterocycles. The van der Waals surface area contributed by atoms with Crippen LogP contribution >= 0.6 is 0 Å². The van der Waals surface area contributed by atoms with E-state index in [1.807, 2.05) is 24.5 Å². The van der Waals surface area contributed by atoms with Crippen molar-refractivity contribution in [2.75, 3.05) is 6.61 Å². The maximum Gasteiger partial charge on any atom is 0.343 e. The summed E-state index contributed by atoms with van der Waals surface area (Å²) in [4.78, 5) is 21.8. The summed E-state index contributed by atoms with van der Waals surface area (Å²) in [5.41, 5.74) is 2.26. The normalized spacial score (nSPS) is 10.5. The van der Waals surface area contributed by atoms with Gasteiger partial charge in [0, 0.05) is 18.0 Å². The Hall–Kier alpha value is -4.23. The lowest BCUT2D eigenvalue weighted by atomic mass is 10.1. The lowest BCUT2D eigenvalue weighted by molar-refractivity contribution is 0.0734. The molecule has 40 heavy (non-hydrogen) atoms. The first-order valence-electron chi connectivity index (χ1n) is 14.3. The van der Waals surface area contributed by atoms with Crippen LogP contribution in [0.25, 0.3) is 11.4 Å². The smallest absolute Gasteiger partial charge is 0.343 e. The fourth-order valence-electron chi connectivity index (χ4n) is 4.36. The van der Waals surface area contributed by atoms with E-state index in [2.05, 4.69) is 23.8 Å². The number of nitriles is 2. The van der Waals surface area contributed by atoms with E-state index in [4.69, 9.17) is 9.47 Å². The van der Waals surface area contributed by atoms with Crippen molar-refractivity contribution in [2.24, 2.45) is 0 Å². The van der Waals surface area contributed by atoms with E-state index in [1.54, 1.807) is 30.3 Å². The Balaban J connectivity index is 1.58. The molecule has 0 spiro atoms. The quantitative estimate of drug-likeness (QED) is 0.103. The maximum absolute atomic E-state index is 12.8. The van der Waals surface area contributed by atoms with E-state index in [1.165, 1.54) is 44.6 Å². The minimum Gasteiger partial charge on any atom is -0.492 e. The topological polar surface area (TPSA) is 109 Å². The largest absolute Gasteiger partial charge is 0.492 e. The molecular formula is C33H38N4O3. The van der Waals surface area contributed by atoms with E-state index in [9.17, 15) is 15.3 Å². The number of rotatable bonds is 16. The molecule has 0 saturated heterocycles. The highest BCUT2D eigenvalue weighted by atomic mass is 16.5. The molecule has 3 rings (SSSR count). The minimum absolute atomic E-state index is 0.0221. The van der Waals surface area contributed by atoms with Crippen molar-refractivity contribution < 1.29 is 14.3 Å². The number of esters is 1. The van der Waals surface area contributed by atoms with Crippen molar-refractivity contribution in [3.05, 3.63) is 71.0 Å². The van der Waals surface area contributed by atoms with Gasteiger partial charge in [0.2, 0.25) is 0 Å². The van der Waals surface area contributed by atoms with Crippen LogP contribution in [0.15, 0.2) is 48.8 Å². The third kappa shape index (κ3) is 8.92. The molecule has 0 saturated carbocycles. The molecule has 0 fully saturated rings. The molecule has 0 aliphatic rings. The zero-order valence-corrected chi connectivity index (χ0v) is 23.6. The fraction of sp³-hybridized carbons (Fsp3) is 0.424. The number of hydrogen-bond donors (Lipinski definition) is 0. The Labute approximate surface area is 237 Å². The van der Waals surface area contributed by atoms with Gasteiger partial charge in [-0.1, -0.05) is 77.3 Å². The Morgan fingerprint density at radius 2 is 1.32 bits per heavy atom. The van der Waals surface area contributed by atoms with Crippen LogP contribution in [0.1, 0.15) is 105 Å². The second-order valence-corrected chi connectivity index (χ2v) is 9.84. The van der Waals surface area contributed by atoms with Crippen molar-refractivity contribution in [2.45, 2.75) is 84.5 Å². The summed E-state index contributed by atoms with van der Waals surface area (Å²) >= 11 is 0. The molecule has 0 N–H and O–H groups in total. The molecule has 208 valence electrons. The summed E-state index contributed by atoms with van der Waals surface area (Å²) in [6, 6.07) is 13.8. The molecule has 0 aliphatic carbocycles. The number of nitrogens with zero attached hydrogens (tertiary/aromatic N) is 4. The highest BCUT2D eigenvalue weighted by Gasteiger charge is 2.19. The van der Waals surface area contributed by atoms with Gasteiger partial charge in [-0.05, 0) is 49.1 Å². The molecule has 3 aromatic rings. The zero-order chi connectivity index (χ0) is 28.6. The number of unbranched alkanes of at least 4 members (excludes halogenated alkanes) is 8. The monoisotopic (exact) mass is 538 g/mol. The van der Waals surface area contributed by atoms with Gasteiger partial charge in [0.05, 0.1) is 12.2 Å². The number of carbonyl (C=O) groups is 1. The van der Waals surface area contributed by atoms with Crippen LogP contribution < -0.4 is 9.47 Å². The molecule has 1 aromatic heterocycles. The first-order chi connectivity index (χ1) is 19.6. The molecule has 7 nitrogen and oxygen atoms in total. The van der Waals surface area contributed by atoms with Crippen LogP contribution in [0.3, 0.4) is 0 Å². The van der Waals surface area contributed by atoms with Gasteiger partial charge >= 0.3 is 5.97 Å². The van der Waals surface area contributed by atoms with Crippen molar-refractivity contribution in [3.63, 3.8) is 0 Å². The van der Waals surface area contributed by atoms with Gasteiger partial charge in [-0.2, -0.15) is 10.5 Å². The van der Waals surface area contributed by atoms with Gasteiger partial charge in [-0.15, -0.1) is 0 Å². The molecule has 0 atom stereocenters. The van der Waals surface area contributed by atoms with Crippen molar-refractivity contribution >= 4 is 5.97 Å². The van der Waals surface area contributed by atoms with Gasteiger partial charge in [0.1, 0.15) is 29.0 Å². The molecule has 0 bridgehead atoms. The third-order valence-corrected chi connectivity index (χ3v) is 6.71. The number of hydrogen-bond acceptors (Lipinski definition) is 7. The Morgan fingerprint density at radius 1 is 0.750 bits per heavy atom. The van der Waals surface area contributed by atoms with Gasteiger partial charge in [0.25, 0.3) is 0 Å². The molecule has 0 amide bonds. The third-order valence-electron chi connectivity index (χ3n) is 6.71. The number of benzene rings is 2. The molecule has 0 radical (unpaired) electrons. The second kappa shape index (κ2) is 16.7. The molecule has 2 aromatic carbocycles. The van der Waals surface area contributed by atoms with Crippen LogP contribution in [0.2, 0.25) is 0 Å². The summed E-state index contributed by atoms with van der Waals surface area (Å²) in [5, 5.41) is 19.3. The molecule has 0 unspecified atom stereocenters. The predicted molar refractivity (Wildman–Crippen MR) is 155 cm³/mol. The van der Waals surface area contributed by atoms with Crippen LogP contribution in [0.5, 0.6) is 11.5 Å². The zero-order valence-electron chi connectivity index (χ0n) is 23.6. The number of ether oxygens (including phenoxy) is 2. The molecule has 7 heteroatoms. The number of aromatic nitrogens is 2. The van der Waals surface area contributed by atoms with Crippen LogP contribution in [-0.4, -0.2) is 22.5 Å². The summed E-state index contributed by atoms with van der Waals surface area (Å²) < 4.78 is 11.2. The summed E-state index contributed by atoms with van der Waals surface area (Å²) in [7, 11) is 0. The summed E-state index contributed by atoms with van der Waals surface area (Å²) in [6.07, 6.45) is 16.5. The highest BCUT2D eigenvalue weighted by Crippen LogP contribution is 2.30. The lowest BCUT2D eigenvalue weighted by Gasteiger charge is -2.12. The average Bonchev–Trinajstić information content (AvgIpc) is 2.99. The summed E-state index contributed by atoms with van der Waals surface area (Å²) in [6.45, 7) is 4.77. The Kier molecular flexibility index (Phi) is 12.6. The van der Waals surface area contributed by atoms with E-state index in [0.717, 1.165) is 43.2 Å². The number of carbonyl (C=O) groups excluding carboxylic acids is 1. The molecule has 1 heterocycles. The second-order valence-electron chi connectivity index (χ2n) is 9.84. The highest BCUT2D eigenvalue weighted by molar-refractivity contribution is 5.92. The van der Waals surface area contributed by atoms with E-state index in [-0.39, 0.29) is 16.9 Å². The van der Waals surface area contributed by atoms with Crippen LogP contribution in [-0.2, 0) is 6.42 Å². The van der Waals surface area contributed by atoms with Gasteiger partial charge in [0.15, 0.2) is 11.6 Å². The lowest BCUT2D eigenvalue weighted by Crippen LogP contribution is -2.10. The summed E-state index contributed by atoms with van der Waals surface area (Å²) in [5.74, 6) is 0.291. The van der Waals surface area contributed by atoms with E-state index < -0.39 is 5.97 Å². The fourth-order valence-corrected chi connectivity index (χ4v) is 4.36. The van der Waals surface area contributed by atoms with Gasteiger partial charge in [-0.25, -0.2) is 14.8 Å².